The highest BCUT2D eigenvalue weighted by molar-refractivity contribution is 14.0. The second-order valence-electron chi connectivity index (χ2n) is 7.11. The fourth-order valence-electron chi connectivity index (χ4n) is 3.82. The van der Waals surface area contributed by atoms with Crippen molar-refractivity contribution in [3.8, 4) is 5.75 Å². The molecule has 0 amide bonds. The van der Waals surface area contributed by atoms with Crippen LogP contribution in [0.4, 0.5) is 14.9 Å². The maximum Gasteiger partial charge on any atom is 0.511 e. The van der Waals surface area contributed by atoms with Crippen molar-refractivity contribution in [3.63, 3.8) is 0 Å². The molecule has 1 aliphatic carbocycles. The SMILES string of the molecule is CCC1CNCCN1c1cc2c(cc1F)c(=O)c(OC(=O)O)cn2C1CC1.I. The molecule has 9 heteroatoms. The van der Waals surface area contributed by atoms with Gasteiger partial charge in [-0.2, -0.15) is 0 Å². The van der Waals surface area contributed by atoms with Crippen LogP contribution in [0.3, 0.4) is 0 Å². The van der Waals surface area contributed by atoms with E-state index < -0.39 is 17.4 Å². The van der Waals surface area contributed by atoms with E-state index >= 15 is 0 Å². The Kier molecular flexibility index (Phi) is 6.13. The summed E-state index contributed by atoms with van der Waals surface area (Å²) in [6.45, 7) is 4.32. The third kappa shape index (κ3) is 3.82. The van der Waals surface area contributed by atoms with Crippen LogP contribution in [-0.2, 0) is 0 Å². The number of ether oxygens (including phenoxy) is 1. The minimum atomic E-state index is -1.56. The van der Waals surface area contributed by atoms with Gasteiger partial charge in [-0.05, 0) is 31.4 Å². The number of nitrogens with zero attached hydrogens (tertiary/aromatic N) is 2. The Bertz CT molecular complexity index is 960. The number of carboxylic acid groups (broad SMARTS) is 1. The first-order valence-electron chi connectivity index (χ1n) is 9.26. The molecule has 1 saturated heterocycles. The number of hydrogen-bond donors (Lipinski definition) is 2. The number of pyridine rings is 1. The Morgan fingerprint density at radius 2 is 2.14 bits per heavy atom. The highest BCUT2D eigenvalue weighted by Gasteiger charge is 2.29. The standard InChI is InChI=1S/C19H22FN3O4.HI/c1-2-11-9-21-5-6-22(11)16-8-15-13(7-14(16)20)18(24)17(27-19(25)26)10-23(15)12-3-4-12;/h7-8,10-12,21H,2-6,9H2,1H3,(H,25,26);1H. The van der Waals surface area contributed by atoms with Crippen LogP contribution in [0.5, 0.6) is 5.75 Å². The second kappa shape index (κ2) is 8.24. The molecule has 2 heterocycles. The minimum Gasteiger partial charge on any atom is -0.449 e. The molecular weight excluding hydrogens is 480 g/mol. The van der Waals surface area contributed by atoms with Gasteiger partial charge in [-0.1, -0.05) is 6.92 Å². The normalized spacial score (nSPS) is 19.4. The molecular formula is C19H23FIN3O4. The van der Waals surface area contributed by atoms with Gasteiger partial charge in [0.05, 0.1) is 22.8 Å². The molecule has 2 aromatic rings. The lowest BCUT2D eigenvalue weighted by atomic mass is 10.1. The first-order chi connectivity index (χ1) is 13.0. The van der Waals surface area contributed by atoms with Crippen LogP contribution in [0.1, 0.15) is 32.2 Å². The number of halogens is 2. The summed E-state index contributed by atoms with van der Waals surface area (Å²) in [5.41, 5.74) is 0.490. The Labute approximate surface area is 178 Å². The molecule has 2 fully saturated rings. The smallest absolute Gasteiger partial charge is 0.449 e. The summed E-state index contributed by atoms with van der Waals surface area (Å²) < 4.78 is 21.5. The number of fused-ring (bicyclic) bond motifs is 1. The lowest BCUT2D eigenvalue weighted by molar-refractivity contribution is 0.143. The topological polar surface area (TPSA) is 83.8 Å². The van der Waals surface area contributed by atoms with Gasteiger partial charge in [-0.15, -0.1) is 24.0 Å². The number of aromatic nitrogens is 1. The first kappa shape index (κ1) is 20.8. The van der Waals surface area contributed by atoms with Crippen LogP contribution in [0.2, 0.25) is 0 Å². The molecule has 2 aliphatic rings. The Morgan fingerprint density at radius 1 is 1.39 bits per heavy atom. The van der Waals surface area contributed by atoms with Crippen LogP contribution in [0.25, 0.3) is 10.9 Å². The molecule has 28 heavy (non-hydrogen) atoms. The molecule has 2 N–H and O–H groups in total. The lowest BCUT2D eigenvalue weighted by Gasteiger charge is -2.38. The Morgan fingerprint density at radius 3 is 2.79 bits per heavy atom. The number of rotatable bonds is 4. The molecule has 1 aromatic carbocycles. The maximum absolute atomic E-state index is 15.0. The van der Waals surface area contributed by atoms with E-state index in [4.69, 9.17) is 5.11 Å². The summed E-state index contributed by atoms with van der Waals surface area (Å²) >= 11 is 0. The van der Waals surface area contributed by atoms with Crippen molar-refractivity contribution in [2.75, 3.05) is 24.5 Å². The van der Waals surface area contributed by atoms with Crippen LogP contribution in [0, 0.1) is 5.82 Å². The number of benzene rings is 1. The largest absolute Gasteiger partial charge is 0.511 e. The molecule has 1 atom stereocenters. The molecule has 4 rings (SSSR count). The van der Waals surface area contributed by atoms with Gasteiger partial charge in [-0.25, -0.2) is 9.18 Å². The molecule has 1 unspecified atom stereocenters. The number of carbonyl (C=O) groups is 1. The zero-order chi connectivity index (χ0) is 19.1. The predicted molar refractivity (Wildman–Crippen MR) is 115 cm³/mol. The van der Waals surface area contributed by atoms with E-state index in [2.05, 4.69) is 21.9 Å². The van der Waals surface area contributed by atoms with Crippen molar-refractivity contribution in [2.24, 2.45) is 0 Å². The third-order valence-corrected chi connectivity index (χ3v) is 5.34. The quantitative estimate of drug-likeness (QED) is 0.492. The van der Waals surface area contributed by atoms with Gasteiger partial charge in [0.15, 0.2) is 5.75 Å². The van der Waals surface area contributed by atoms with Crippen molar-refractivity contribution in [3.05, 3.63) is 34.4 Å². The average molecular weight is 503 g/mol. The van der Waals surface area contributed by atoms with Gasteiger partial charge in [0.25, 0.3) is 0 Å². The van der Waals surface area contributed by atoms with Crippen molar-refractivity contribution >= 4 is 46.7 Å². The predicted octanol–water partition coefficient (Wildman–Crippen LogP) is 3.34. The first-order valence-corrected chi connectivity index (χ1v) is 9.26. The van der Waals surface area contributed by atoms with Crippen molar-refractivity contribution in [2.45, 2.75) is 38.3 Å². The van der Waals surface area contributed by atoms with Crippen molar-refractivity contribution in [1.82, 2.24) is 9.88 Å². The van der Waals surface area contributed by atoms with E-state index in [0.717, 1.165) is 32.4 Å². The fourth-order valence-corrected chi connectivity index (χ4v) is 3.82. The fraction of sp³-hybridized carbons (Fsp3) is 0.474. The van der Waals surface area contributed by atoms with E-state index in [9.17, 15) is 14.0 Å². The van der Waals surface area contributed by atoms with E-state index in [0.29, 0.717) is 17.7 Å². The summed E-state index contributed by atoms with van der Waals surface area (Å²) in [6.07, 6.45) is 2.63. The van der Waals surface area contributed by atoms with Gasteiger partial charge in [0, 0.05) is 31.7 Å². The summed E-state index contributed by atoms with van der Waals surface area (Å²) in [5.74, 6) is -0.766. The van der Waals surface area contributed by atoms with Crippen LogP contribution in [-0.4, -0.2) is 41.5 Å². The number of piperazine rings is 1. The zero-order valence-corrected chi connectivity index (χ0v) is 17.8. The number of anilines is 1. The van der Waals surface area contributed by atoms with Crippen LogP contribution >= 0.6 is 24.0 Å². The molecule has 1 aromatic heterocycles. The van der Waals surface area contributed by atoms with Gasteiger partial charge in [0.2, 0.25) is 5.43 Å². The summed E-state index contributed by atoms with van der Waals surface area (Å²) in [6, 6.07) is 3.30. The highest BCUT2D eigenvalue weighted by Crippen LogP contribution is 2.39. The second-order valence-corrected chi connectivity index (χ2v) is 7.11. The van der Waals surface area contributed by atoms with Crippen LogP contribution in [0.15, 0.2) is 23.1 Å². The Balaban J connectivity index is 0.00000225. The van der Waals surface area contributed by atoms with Crippen molar-refractivity contribution < 1.29 is 19.0 Å². The number of hydrogen-bond acceptors (Lipinski definition) is 5. The minimum absolute atomic E-state index is 0. The van der Waals surface area contributed by atoms with E-state index in [-0.39, 0.29) is 47.2 Å². The number of nitrogens with one attached hydrogen (secondary N) is 1. The summed E-state index contributed by atoms with van der Waals surface area (Å²) in [5, 5.41) is 12.3. The molecule has 1 saturated carbocycles. The Hall–Kier alpha value is -1.88. The average Bonchev–Trinajstić information content (AvgIpc) is 3.48. The molecule has 0 bridgehead atoms. The van der Waals surface area contributed by atoms with Gasteiger partial charge < -0.3 is 24.6 Å². The third-order valence-electron chi connectivity index (χ3n) is 5.34. The van der Waals surface area contributed by atoms with E-state index in [1.54, 1.807) is 6.07 Å². The molecule has 1 aliphatic heterocycles. The van der Waals surface area contributed by atoms with Gasteiger partial charge in [0.1, 0.15) is 5.82 Å². The van der Waals surface area contributed by atoms with E-state index in [1.807, 2.05) is 4.57 Å². The zero-order valence-electron chi connectivity index (χ0n) is 15.5. The van der Waals surface area contributed by atoms with Gasteiger partial charge >= 0.3 is 6.16 Å². The summed E-state index contributed by atoms with van der Waals surface area (Å²) in [4.78, 5) is 25.6. The van der Waals surface area contributed by atoms with Gasteiger partial charge in [-0.3, -0.25) is 4.79 Å². The monoisotopic (exact) mass is 503 g/mol. The summed E-state index contributed by atoms with van der Waals surface area (Å²) in [7, 11) is 0. The molecule has 0 spiro atoms. The molecule has 7 nitrogen and oxygen atoms in total. The lowest BCUT2D eigenvalue weighted by Crippen LogP contribution is -2.51. The van der Waals surface area contributed by atoms with Crippen molar-refractivity contribution in [1.29, 1.82) is 0 Å². The van der Waals surface area contributed by atoms with Crippen LogP contribution < -0.4 is 20.4 Å². The highest BCUT2D eigenvalue weighted by atomic mass is 127. The van der Waals surface area contributed by atoms with E-state index in [1.165, 1.54) is 12.3 Å². The maximum atomic E-state index is 15.0. The molecule has 0 radical (unpaired) electrons. The molecule has 152 valence electrons.